The Labute approximate surface area is 174 Å². The molecule has 1 N–H and O–H groups in total. The molecule has 1 aliphatic heterocycles. The summed E-state index contributed by atoms with van der Waals surface area (Å²) in [6, 6.07) is 5.87. The summed E-state index contributed by atoms with van der Waals surface area (Å²) in [4.78, 5) is 13.0. The third-order valence-corrected chi connectivity index (χ3v) is 8.40. The van der Waals surface area contributed by atoms with Crippen molar-refractivity contribution in [3.63, 3.8) is 0 Å². The summed E-state index contributed by atoms with van der Waals surface area (Å²) in [5.41, 5.74) is 0.461. The highest BCUT2D eigenvalue weighted by atomic mass is 32.2. The van der Waals surface area contributed by atoms with Gasteiger partial charge in [0.15, 0.2) is 0 Å². The highest BCUT2D eigenvalue weighted by molar-refractivity contribution is 7.99. The molecule has 1 aliphatic rings. The van der Waals surface area contributed by atoms with Crippen LogP contribution in [-0.2, 0) is 10.0 Å². The van der Waals surface area contributed by atoms with E-state index in [4.69, 9.17) is 0 Å². The Kier molecular flexibility index (Phi) is 6.46. The molecular formula is C17H17F3N2O4S3. The fraction of sp³-hybridized carbons (Fsp3) is 0.353. The number of hydrogen-bond acceptors (Lipinski definition) is 6. The van der Waals surface area contributed by atoms with Crippen LogP contribution >= 0.6 is 23.1 Å². The van der Waals surface area contributed by atoms with Gasteiger partial charge in [0.05, 0.1) is 5.69 Å². The fourth-order valence-electron chi connectivity index (χ4n) is 2.62. The number of aryl methyl sites for hydroxylation is 1. The van der Waals surface area contributed by atoms with Gasteiger partial charge in [-0.25, -0.2) is 8.42 Å². The lowest BCUT2D eigenvalue weighted by Crippen LogP contribution is -2.37. The number of carbonyl (C=O) groups excluding carboxylic acids is 1. The second-order valence-electron chi connectivity index (χ2n) is 6.08. The maximum Gasteiger partial charge on any atom is 0.573 e. The van der Waals surface area contributed by atoms with E-state index in [0.717, 1.165) is 35.0 Å². The minimum atomic E-state index is -4.81. The van der Waals surface area contributed by atoms with Gasteiger partial charge in [-0.1, -0.05) is 0 Å². The number of carbonyl (C=O) groups is 1. The first kappa shape index (κ1) is 21.9. The lowest BCUT2D eigenvalue weighted by molar-refractivity contribution is -0.274. The van der Waals surface area contributed by atoms with Gasteiger partial charge in [0.1, 0.15) is 9.96 Å². The SMILES string of the molecule is Cc1sc(S(=O)(=O)N2CCSCC2)cc1NC(=O)c1ccc(OC(F)(F)F)cc1. The molecule has 3 rings (SSSR count). The number of alkyl halides is 3. The predicted molar refractivity (Wildman–Crippen MR) is 106 cm³/mol. The molecular weight excluding hydrogens is 449 g/mol. The van der Waals surface area contributed by atoms with Crippen molar-refractivity contribution in [1.82, 2.24) is 4.31 Å². The van der Waals surface area contributed by atoms with Gasteiger partial charge in [-0.2, -0.15) is 16.1 Å². The van der Waals surface area contributed by atoms with E-state index in [0.29, 0.717) is 23.7 Å². The van der Waals surface area contributed by atoms with Crippen molar-refractivity contribution >= 4 is 44.7 Å². The Morgan fingerprint density at radius 2 is 1.79 bits per heavy atom. The number of thiophene rings is 1. The first-order chi connectivity index (χ1) is 13.6. The van der Waals surface area contributed by atoms with Crippen molar-refractivity contribution in [3.05, 3.63) is 40.8 Å². The van der Waals surface area contributed by atoms with E-state index in [1.54, 1.807) is 18.7 Å². The number of nitrogens with one attached hydrogen (secondary N) is 1. The standard InChI is InChI=1S/C17H17F3N2O4S3/c1-11-14(10-15(28-11)29(24,25)22-6-8-27-9-7-22)21-16(23)12-2-4-13(5-3-12)26-17(18,19)20/h2-5,10H,6-9H2,1H3,(H,21,23). The number of hydrogen-bond donors (Lipinski definition) is 1. The molecule has 158 valence electrons. The van der Waals surface area contributed by atoms with Gasteiger partial charge in [0.25, 0.3) is 15.9 Å². The van der Waals surface area contributed by atoms with E-state index in [1.807, 2.05) is 0 Å². The zero-order valence-electron chi connectivity index (χ0n) is 15.2. The molecule has 0 spiro atoms. The number of ether oxygens (including phenoxy) is 1. The van der Waals surface area contributed by atoms with Crippen LogP contribution in [0.25, 0.3) is 0 Å². The van der Waals surface area contributed by atoms with Crippen molar-refractivity contribution < 1.29 is 31.1 Å². The molecule has 0 aliphatic carbocycles. The number of rotatable bonds is 5. The molecule has 6 nitrogen and oxygen atoms in total. The second-order valence-corrected chi connectivity index (χ2v) is 10.7. The number of benzene rings is 1. The van der Waals surface area contributed by atoms with Crippen LogP contribution in [0, 0.1) is 6.92 Å². The van der Waals surface area contributed by atoms with Crippen LogP contribution in [0.15, 0.2) is 34.5 Å². The molecule has 1 amide bonds. The summed E-state index contributed by atoms with van der Waals surface area (Å²) < 4.78 is 67.5. The first-order valence-corrected chi connectivity index (χ1v) is 11.8. The topological polar surface area (TPSA) is 75.7 Å². The maximum atomic E-state index is 12.8. The third-order valence-electron chi connectivity index (χ3n) is 4.06. The molecule has 2 heterocycles. The quantitative estimate of drug-likeness (QED) is 0.722. The van der Waals surface area contributed by atoms with E-state index in [9.17, 15) is 26.4 Å². The zero-order chi connectivity index (χ0) is 21.2. The summed E-state index contributed by atoms with van der Waals surface area (Å²) in [6.45, 7) is 2.57. The van der Waals surface area contributed by atoms with Crippen LogP contribution < -0.4 is 10.1 Å². The number of amides is 1. The highest BCUT2D eigenvalue weighted by Gasteiger charge is 2.31. The lowest BCUT2D eigenvalue weighted by Gasteiger charge is -2.24. The van der Waals surface area contributed by atoms with E-state index in [1.165, 1.54) is 22.5 Å². The van der Waals surface area contributed by atoms with Crippen LogP contribution in [0.3, 0.4) is 0 Å². The Balaban J connectivity index is 1.73. The zero-order valence-corrected chi connectivity index (χ0v) is 17.6. The van der Waals surface area contributed by atoms with E-state index >= 15 is 0 Å². The Bertz CT molecular complexity index is 982. The molecule has 0 radical (unpaired) electrons. The molecule has 0 saturated carbocycles. The van der Waals surface area contributed by atoms with Gasteiger partial charge < -0.3 is 10.1 Å². The van der Waals surface area contributed by atoms with Crippen molar-refractivity contribution in [2.75, 3.05) is 29.9 Å². The monoisotopic (exact) mass is 466 g/mol. The molecule has 0 bridgehead atoms. The average Bonchev–Trinajstić information content (AvgIpc) is 3.03. The Hall–Kier alpha value is -1.76. The molecule has 0 atom stereocenters. The fourth-order valence-corrected chi connectivity index (χ4v) is 6.75. The third kappa shape index (κ3) is 5.44. The van der Waals surface area contributed by atoms with Crippen molar-refractivity contribution in [2.24, 2.45) is 0 Å². The smallest absolute Gasteiger partial charge is 0.406 e. The van der Waals surface area contributed by atoms with E-state index in [2.05, 4.69) is 10.1 Å². The molecule has 1 aromatic heterocycles. The number of halogens is 3. The summed E-state index contributed by atoms with van der Waals surface area (Å²) in [5, 5.41) is 2.61. The normalized spacial score (nSPS) is 15.9. The Morgan fingerprint density at radius 1 is 1.17 bits per heavy atom. The van der Waals surface area contributed by atoms with Crippen molar-refractivity contribution in [2.45, 2.75) is 17.5 Å². The maximum absolute atomic E-state index is 12.8. The van der Waals surface area contributed by atoms with Crippen molar-refractivity contribution in [3.8, 4) is 5.75 Å². The number of nitrogens with zero attached hydrogens (tertiary/aromatic N) is 1. The van der Waals surface area contributed by atoms with E-state index in [-0.39, 0.29) is 9.77 Å². The lowest BCUT2D eigenvalue weighted by atomic mass is 10.2. The average molecular weight is 467 g/mol. The van der Waals surface area contributed by atoms with Gasteiger partial charge in [-0.15, -0.1) is 24.5 Å². The van der Waals surface area contributed by atoms with Gasteiger partial charge in [-0.3, -0.25) is 4.79 Å². The molecule has 1 saturated heterocycles. The molecule has 2 aromatic rings. The predicted octanol–water partition coefficient (Wildman–Crippen LogP) is 3.94. The molecule has 0 unspecified atom stereocenters. The number of thioether (sulfide) groups is 1. The van der Waals surface area contributed by atoms with Crippen LogP contribution in [-0.4, -0.2) is 49.6 Å². The first-order valence-electron chi connectivity index (χ1n) is 8.42. The second kappa shape index (κ2) is 8.54. The molecule has 1 aromatic carbocycles. The van der Waals surface area contributed by atoms with Crippen LogP contribution in [0.4, 0.5) is 18.9 Å². The van der Waals surface area contributed by atoms with Gasteiger partial charge >= 0.3 is 6.36 Å². The number of anilines is 1. The van der Waals surface area contributed by atoms with Crippen LogP contribution in [0.1, 0.15) is 15.2 Å². The Morgan fingerprint density at radius 3 is 2.38 bits per heavy atom. The minimum absolute atomic E-state index is 0.114. The molecule has 29 heavy (non-hydrogen) atoms. The van der Waals surface area contributed by atoms with Gasteiger partial charge in [0.2, 0.25) is 0 Å². The van der Waals surface area contributed by atoms with Crippen molar-refractivity contribution in [1.29, 1.82) is 0 Å². The summed E-state index contributed by atoms with van der Waals surface area (Å²) in [7, 11) is -3.62. The minimum Gasteiger partial charge on any atom is -0.406 e. The highest BCUT2D eigenvalue weighted by Crippen LogP contribution is 2.33. The summed E-state index contributed by atoms with van der Waals surface area (Å²) >= 11 is 2.76. The summed E-state index contributed by atoms with van der Waals surface area (Å²) in [6.07, 6.45) is -4.81. The van der Waals surface area contributed by atoms with Gasteiger partial charge in [-0.05, 0) is 37.3 Å². The molecule has 12 heteroatoms. The van der Waals surface area contributed by atoms with Crippen LogP contribution in [0.5, 0.6) is 5.75 Å². The largest absolute Gasteiger partial charge is 0.573 e. The van der Waals surface area contributed by atoms with Crippen LogP contribution in [0.2, 0.25) is 0 Å². The van der Waals surface area contributed by atoms with E-state index < -0.39 is 28.0 Å². The number of sulfonamides is 1. The van der Waals surface area contributed by atoms with Gasteiger partial charge in [0, 0.05) is 35.0 Å². The summed E-state index contributed by atoms with van der Waals surface area (Å²) in [5.74, 6) is 0.472. The molecule has 1 fully saturated rings.